The van der Waals surface area contributed by atoms with E-state index in [4.69, 9.17) is 0 Å². The molecule has 1 unspecified atom stereocenters. The minimum absolute atomic E-state index is 0.560. The van der Waals surface area contributed by atoms with Gasteiger partial charge in [-0.15, -0.1) is 9.24 Å². The van der Waals surface area contributed by atoms with E-state index in [-0.39, 0.29) is 0 Å². The molecular formula is C10H21P. The number of hydrogen-bond acceptors (Lipinski definition) is 0. The Bertz CT molecular complexity index is 95.4. The summed E-state index contributed by atoms with van der Waals surface area (Å²) in [5, 5.41) is 0.560. The Morgan fingerprint density at radius 2 is 1.18 bits per heavy atom. The van der Waals surface area contributed by atoms with Gasteiger partial charge >= 0.3 is 0 Å². The highest BCUT2D eigenvalue weighted by molar-refractivity contribution is 7.18. The first-order valence-corrected chi connectivity index (χ1v) is 5.57. The first-order valence-electron chi connectivity index (χ1n) is 5.00. The highest BCUT2D eigenvalue weighted by Crippen LogP contribution is 2.32. The van der Waals surface area contributed by atoms with Gasteiger partial charge in [-0.1, -0.05) is 45.4 Å². The molecule has 1 aliphatic rings. The van der Waals surface area contributed by atoms with E-state index in [0.717, 1.165) is 0 Å². The number of rotatable bonds is 0. The second-order valence-corrected chi connectivity index (χ2v) is 5.67. The quantitative estimate of drug-likeness (QED) is 0.488. The van der Waals surface area contributed by atoms with E-state index >= 15 is 0 Å². The predicted molar refractivity (Wildman–Crippen MR) is 55.1 cm³/mol. The van der Waals surface area contributed by atoms with Crippen molar-refractivity contribution < 1.29 is 0 Å². The van der Waals surface area contributed by atoms with Gasteiger partial charge in [0, 0.05) is 0 Å². The Labute approximate surface area is 73.3 Å². The largest absolute Gasteiger partial charge is 0.131 e. The summed E-state index contributed by atoms with van der Waals surface area (Å²) < 4.78 is 0. The molecule has 0 aliphatic heterocycles. The van der Waals surface area contributed by atoms with Crippen molar-refractivity contribution in [2.24, 2.45) is 0 Å². The Hall–Kier alpha value is 0.430. The van der Waals surface area contributed by atoms with Crippen LogP contribution in [0.5, 0.6) is 0 Å². The van der Waals surface area contributed by atoms with Crippen LogP contribution in [0.3, 0.4) is 0 Å². The van der Waals surface area contributed by atoms with Crippen LogP contribution in [-0.2, 0) is 0 Å². The molecular weight excluding hydrogens is 151 g/mol. The zero-order valence-electron chi connectivity index (χ0n) is 7.73. The van der Waals surface area contributed by atoms with Crippen molar-refractivity contribution in [3.05, 3.63) is 0 Å². The molecule has 0 nitrogen and oxygen atoms in total. The van der Waals surface area contributed by atoms with Crippen LogP contribution in [0.4, 0.5) is 0 Å². The average Bonchev–Trinajstić information content (AvgIpc) is 2.00. The van der Waals surface area contributed by atoms with Gasteiger partial charge in [-0.25, -0.2) is 0 Å². The van der Waals surface area contributed by atoms with Gasteiger partial charge in [0.1, 0.15) is 0 Å². The summed E-state index contributed by atoms with van der Waals surface area (Å²) in [6.45, 7) is 2.39. The smallest absolute Gasteiger partial charge is 0.0178 e. The molecule has 1 heteroatoms. The molecule has 1 rings (SSSR count). The summed E-state index contributed by atoms with van der Waals surface area (Å²) in [4.78, 5) is 0. The van der Waals surface area contributed by atoms with E-state index < -0.39 is 0 Å². The third kappa shape index (κ3) is 4.11. The molecule has 0 saturated heterocycles. The van der Waals surface area contributed by atoms with Crippen molar-refractivity contribution >= 4 is 9.24 Å². The van der Waals surface area contributed by atoms with Crippen LogP contribution in [0.15, 0.2) is 0 Å². The highest BCUT2D eigenvalue weighted by atomic mass is 31.0. The van der Waals surface area contributed by atoms with Crippen LogP contribution < -0.4 is 0 Å². The molecule has 0 amide bonds. The Balaban J connectivity index is 2.31. The lowest BCUT2D eigenvalue weighted by molar-refractivity contribution is 0.509. The summed E-state index contributed by atoms with van der Waals surface area (Å²) in [7, 11) is 3.04. The van der Waals surface area contributed by atoms with Crippen LogP contribution in [-0.4, -0.2) is 5.16 Å². The van der Waals surface area contributed by atoms with Crippen LogP contribution in [0.25, 0.3) is 0 Å². The molecule has 0 bridgehead atoms. The maximum absolute atomic E-state index is 3.04. The lowest BCUT2D eigenvalue weighted by atomic mass is 9.98. The third-order valence-corrected chi connectivity index (χ3v) is 3.32. The monoisotopic (exact) mass is 172 g/mol. The molecule has 0 N–H and O–H groups in total. The van der Waals surface area contributed by atoms with E-state index in [1.165, 1.54) is 51.4 Å². The Kier molecular flexibility index (Phi) is 3.85. The lowest BCUT2D eigenvalue weighted by Gasteiger charge is -2.23. The van der Waals surface area contributed by atoms with Crippen LogP contribution >= 0.6 is 9.24 Å². The molecule has 0 spiro atoms. The molecule has 11 heavy (non-hydrogen) atoms. The van der Waals surface area contributed by atoms with Crippen molar-refractivity contribution in [2.75, 3.05) is 0 Å². The second kappa shape index (κ2) is 4.45. The molecule has 0 aromatic rings. The van der Waals surface area contributed by atoms with Crippen LogP contribution in [0, 0.1) is 0 Å². The van der Waals surface area contributed by atoms with E-state index in [2.05, 4.69) is 16.2 Å². The SMILES string of the molecule is CC1(P)CCCCCCCC1. The first-order chi connectivity index (χ1) is 5.21. The van der Waals surface area contributed by atoms with Crippen molar-refractivity contribution in [3.8, 4) is 0 Å². The zero-order valence-corrected chi connectivity index (χ0v) is 8.89. The third-order valence-electron chi connectivity index (χ3n) is 2.75. The lowest BCUT2D eigenvalue weighted by Crippen LogP contribution is -2.14. The molecule has 0 radical (unpaired) electrons. The van der Waals surface area contributed by atoms with E-state index in [0.29, 0.717) is 5.16 Å². The average molecular weight is 172 g/mol. The fraction of sp³-hybridized carbons (Fsp3) is 1.00. The van der Waals surface area contributed by atoms with Crippen molar-refractivity contribution in [3.63, 3.8) is 0 Å². The highest BCUT2D eigenvalue weighted by Gasteiger charge is 2.17. The second-order valence-electron chi connectivity index (χ2n) is 4.28. The molecule has 1 fully saturated rings. The molecule has 66 valence electrons. The van der Waals surface area contributed by atoms with Gasteiger partial charge in [0.05, 0.1) is 0 Å². The normalized spacial score (nSPS) is 26.7. The molecule has 0 aromatic heterocycles. The Morgan fingerprint density at radius 3 is 1.64 bits per heavy atom. The maximum Gasteiger partial charge on any atom is -0.0178 e. The standard InChI is InChI=1S/C10H21P/c1-10(11)8-6-4-2-3-5-7-9-10/h2-9,11H2,1H3. The molecule has 0 aromatic carbocycles. The van der Waals surface area contributed by atoms with Crippen LogP contribution in [0.2, 0.25) is 0 Å². The van der Waals surface area contributed by atoms with Crippen LogP contribution in [0.1, 0.15) is 58.3 Å². The zero-order chi connectivity index (χ0) is 8.16. The van der Waals surface area contributed by atoms with Gasteiger partial charge in [0.25, 0.3) is 0 Å². The fourth-order valence-electron chi connectivity index (χ4n) is 1.89. The summed E-state index contributed by atoms with van der Waals surface area (Å²) in [5.74, 6) is 0. The van der Waals surface area contributed by atoms with Crippen molar-refractivity contribution in [1.29, 1.82) is 0 Å². The molecule has 1 aliphatic carbocycles. The Morgan fingerprint density at radius 1 is 0.818 bits per heavy atom. The van der Waals surface area contributed by atoms with E-state index in [1.54, 1.807) is 0 Å². The van der Waals surface area contributed by atoms with Crippen molar-refractivity contribution in [2.45, 2.75) is 63.4 Å². The summed E-state index contributed by atoms with van der Waals surface area (Å²) in [6, 6.07) is 0. The summed E-state index contributed by atoms with van der Waals surface area (Å²) in [6.07, 6.45) is 11.6. The minimum Gasteiger partial charge on any atom is -0.131 e. The van der Waals surface area contributed by atoms with Gasteiger partial charge in [0.15, 0.2) is 0 Å². The summed E-state index contributed by atoms with van der Waals surface area (Å²) >= 11 is 0. The first kappa shape index (κ1) is 9.52. The topological polar surface area (TPSA) is 0 Å². The summed E-state index contributed by atoms with van der Waals surface area (Å²) in [5.41, 5.74) is 0. The van der Waals surface area contributed by atoms with Gasteiger partial charge < -0.3 is 0 Å². The van der Waals surface area contributed by atoms with Gasteiger partial charge in [-0.05, 0) is 18.0 Å². The van der Waals surface area contributed by atoms with Gasteiger partial charge in [-0.2, -0.15) is 0 Å². The molecule has 0 heterocycles. The van der Waals surface area contributed by atoms with Crippen molar-refractivity contribution in [1.82, 2.24) is 0 Å². The fourth-order valence-corrected chi connectivity index (χ4v) is 2.30. The van der Waals surface area contributed by atoms with Gasteiger partial charge in [-0.3, -0.25) is 0 Å². The maximum atomic E-state index is 3.04. The molecule has 1 atom stereocenters. The number of hydrogen-bond donors (Lipinski definition) is 0. The van der Waals surface area contributed by atoms with E-state index in [9.17, 15) is 0 Å². The predicted octanol–water partition coefficient (Wildman–Crippen LogP) is 3.75. The van der Waals surface area contributed by atoms with E-state index in [1.807, 2.05) is 0 Å². The molecule has 1 saturated carbocycles. The minimum atomic E-state index is 0.560. The van der Waals surface area contributed by atoms with Gasteiger partial charge in [0.2, 0.25) is 0 Å².